The van der Waals surface area contributed by atoms with Gasteiger partial charge in [-0.05, 0) is 39.3 Å². The van der Waals surface area contributed by atoms with Crippen LogP contribution in [0.2, 0.25) is 0 Å². The molecule has 0 aromatic heterocycles. The molecule has 0 unspecified atom stereocenters. The SMILES string of the molecule is CCNC(=NCC(C)(C)CN(C)C)NC1CCCC1. The number of hydrogen-bond acceptors (Lipinski definition) is 2. The fourth-order valence-corrected chi connectivity index (χ4v) is 2.78. The Morgan fingerprint density at radius 3 is 2.42 bits per heavy atom. The molecule has 0 saturated heterocycles. The average Bonchev–Trinajstić information content (AvgIpc) is 2.77. The highest BCUT2D eigenvalue weighted by atomic mass is 15.2. The molecule has 0 radical (unpaired) electrons. The first kappa shape index (κ1) is 16.3. The Balaban J connectivity index is 2.51. The molecule has 2 N–H and O–H groups in total. The van der Waals surface area contributed by atoms with Crippen molar-refractivity contribution in [2.45, 2.75) is 52.5 Å². The zero-order valence-electron chi connectivity index (χ0n) is 13.4. The van der Waals surface area contributed by atoms with Crippen molar-refractivity contribution in [3.05, 3.63) is 0 Å². The van der Waals surface area contributed by atoms with Gasteiger partial charge in [-0.2, -0.15) is 0 Å². The van der Waals surface area contributed by atoms with Crippen LogP contribution in [0.4, 0.5) is 0 Å². The Labute approximate surface area is 119 Å². The third-order valence-electron chi connectivity index (χ3n) is 3.45. The van der Waals surface area contributed by atoms with Crippen LogP contribution in [0.1, 0.15) is 46.5 Å². The van der Waals surface area contributed by atoms with Gasteiger partial charge in [0.05, 0.1) is 0 Å². The van der Waals surface area contributed by atoms with Gasteiger partial charge in [0.1, 0.15) is 0 Å². The lowest BCUT2D eigenvalue weighted by atomic mass is 9.93. The molecule has 0 atom stereocenters. The number of rotatable bonds is 6. The fraction of sp³-hybridized carbons (Fsp3) is 0.933. The molecular formula is C15H32N4. The number of nitrogens with zero attached hydrogens (tertiary/aromatic N) is 2. The summed E-state index contributed by atoms with van der Waals surface area (Å²) in [5.41, 5.74) is 0.210. The highest BCUT2D eigenvalue weighted by molar-refractivity contribution is 5.80. The maximum absolute atomic E-state index is 4.77. The van der Waals surface area contributed by atoms with Gasteiger partial charge in [-0.3, -0.25) is 4.99 Å². The molecule has 4 nitrogen and oxygen atoms in total. The second-order valence-electron chi connectivity index (χ2n) is 6.72. The Bertz CT molecular complexity index is 278. The third kappa shape index (κ3) is 6.81. The quantitative estimate of drug-likeness (QED) is 0.572. The Hall–Kier alpha value is -0.770. The van der Waals surface area contributed by atoms with Crippen molar-refractivity contribution in [3.63, 3.8) is 0 Å². The molecule has 0 bridgehead atoms. The number of nitrogens with one attached hydrogen (secondary N) is 2. The van der Waals surface area contributed by atoms with E-state index in [4.69, 9.17) is 4.99 Å². The zero-order chi connectivity index (χ0) is 14.3. The van der Waals surface area contributed by atoms with E-state index in [2.05, 4.69) is 50.4 Å². The van der Waals surface area contributed by atoms with E-state index < -0.39 is 0 Å². The van der Waals surface area contributed by atoms with E-state index in [1.165, 1.54) is 25.7 Å². The predicted octanol–water partition coefficient (Wildman–Crippen LogP) is 2.07. The maximum Gasteiger partial charge on any atom is 0.191 e. The number of guanidine groups is 1. The largest absolute Gasteiger partial charge is 0.357 e. The summed E-state index contributed by atoms with van der Waals surface area (Å²) in [5, 5.41) is 6.93. The minimum absolute atomic E-state index is 0.210. The second kappa shape index (κ2) is 7.73. The molecule has 0 aromatic rings. The van der Waals surface area contributed by atoms with Gasteiger partial charge in [0.15, 0.2) is 5.96 Å². The van der Waals surface area contributed by atoms with E-state index in [9.17, 15) is 0 Å². The molecular weight excluding hydrogens is 236 g/mol. The maximum atomic E-state index is 4.77. The number of hydrogen-bond donors (Lipinski definition) is 2. The summed E-state index contributed by atoms with van der Waals surface area (Å²) in [7, 11) is 4.24. The van der Waals surface area contributed by atoms with Crippen molar-refractivity contribution in [2.24, 2.45) is 10.4 Å². The van der Waals surface area contributed by atoms with Gasteiger partial charge in [0.25, 0.3) is 0 Å². The molecule has 1 fully saturated rings. The molecule has 1 rings (SSSR count). The zero-order valence-corrected chi connectivity index (χ0v) is 13.4. The molecule has 4 heteroatoms. The molecule has 19 heavy (non-hydrogen) atoms. The van der Waals surface area contributed by atoms with Gasteiger partial charge < -0.3 is 15.5 Å². The van der Waals surface area contributed by atoms with Crippen molar-refractivity contribution < 1.29 is 0 Å². The minimum Gasteiger partial charge on any atom is -0.357 e. The van der Waals surface area contributed by atoms with Crippen LogP contribution in [0.3, 0.4) is 0 Å². The third-order valence-corrected chi connectivity index (χ3v) is 3.45. The van der Waals surface area contributed by atoms with Crippen LogP contribution in [0.25, 0.3) is 0 Å². The van der Waals surface area contributed by atoms with Crippen LogP contribution >= 0.6 is 0 Å². The molecule has 1 aliphatic carbocycles. The van der Waals surface area contributed by atoms with Gasteiger partial charge in [-0.25, -0.2) is 0 Å². The molecule has 112 valence electrons. The smallest absolute Gasteiger partial charge is 0.191 e. The normalized spacial score (nSPS) is 18.1. The summed E-state index contributed by atoms with van der Waals surface area (Å²) in [6.45, 7) is 9.50. The molecule has 0 aliphatic heterocycles. The van der Waals surface area contributed by atoms with Crippen LogP contribution in [0, 0.1) is 5.41 Å². The minimum atomic E-state index is 0.210. The summed E-state index contributed by atoms with van der Waals surface area (Å²) in [6, 6.07) is 0.620. The lowest BCUT2D eigenvalue weighted by Crippen LogP contribution is -2.43. The van der Waals surface area contributed by atoms with Gasteiger partial charge in [0, 0.05) is 25.7 Å². The first-order chi connectivity index (χ1) is 8.93. The van der Waals surface area contributed by atoms with Gasteiger partial charge in [-0.1, -0.05) is 26.7 Å². The summed E-state index contributed by atoms with van der Waals surface area (Å²) in [5.74, 6) is 0.987. The van der Waals surface area contributed by atoms with E-state index >= 15 is 0 Å². The van der Waals surface area contributed by atoms with Crippen LogP contribution in [0.5, 0.6) is 0 Å². The first-order valence-corrected chi connectivity index (χ1v) is 7.62. The van der Waals surface area contributed by atoms with Crippen LogP contribution in [-0.2, 0) is 0 Å². The number of aliphatic imine (C=N–C) groups is 1. The van der Waals surface area contributed by atoms with Crippen molar-refractivity contribution in [2.75, 3.05) is 33.7 Å². The van der Waals surface area contributed by atoms with E-state index in [0.717, 1.165) is 25.6 Å². The first-order valence-electron chi connectivity index (χ1n) is 7.62. The van der Waals surface area contributed by atoms with E-state index in [1.807, 2.05) is 0 Å². The molecule has 0 aromatic carbocycles. The monoisotopic (exact) mass is 268 g/mol. The lowest BCUT2D eigenvalue weighted by molar-refractivity contribution is 0.248. The van der Waals surface area contributed by atoms with Gasteiger partial charge >= 0.3 is 0 Å². The van der Waals surface area contributed by atoms with Crippen LogP contribution in [0.15, 0.2) is 4.99 Å². The summed E-state index contributed by atoms with van der Waals surface area (Å²) in [4.78, 5) is 7.00. The summed E-state index contributed by atoms with van der Waals surface area (Å²) < 4.78 is 0. The summed E-state index contributed by atoms with van der Waals surface area (Å²) >= 11 is 0. The second-order valence-corrected chi connectivity index (χ2v) is 6.72. The average molecular weight is 268 g/mol. The highest BCUT2D eigenvalue weighted by Gasteiger charge is 2.20. The Morgan fingerprint density at radius 2 is 1.89 bits per heavy atom. The Kier molecular flexibility index (Phi) is 6.63. The van der Waals surface area contributed by atoms with E-state index in [1.54, 1.807) is 0 Å². The molecule has 0 spiro atoms. The molecule has 1 saturated carbocycles. The van der Waals surface area contributed by atoms with Gasteiger partial charge in [-0.15, -0.1) is 0 Å². The van der Waals surface area contributed by atoms with Crippen molar-refractivity contribution in [1.29, 1.82) is 0 Å². The topological polar surface area (TPSA) is 39.7 Å². The van der Waals surface area contributed by atoms with Crippen molar-refractivity contribution >= 4 is 5.96 Å². The van der Waals surface area contributed by atoms with Crippen LogP contribution in [-0.4, -0.2) is 50.6 Å². The fourth-order valence-electron chi connectivity index (χ4n) is 2.78. The summed E-state index contributed by atoms with van der Waals surface area (Å²) in [6.07, 6.45) is 5.27. The highest BCUT2D eigenvalue weighted by Crippen LogP contribution is 2.18. The lowest BCUT2D eigenvalue weighted by Gasteiger charge is -2.27. The molecule has 0 amide bonds. The molecule has 1 aliphatic rings. The van der Waals surface area contributed by atoms with Crippen molar-refractivity contribution in [1.82, 2.24) is 15.5 Å². The van der Waals surface area contributed by atoms with Crippen LogP contribution < -0.4 is 10.6 Å². The van der Waals surface area contributed by atoms with Gasteiger partial charge in [0.2, 0.25) is 0 Å². The van der Waals surface area contributed by atoms with E-state index in [0.29, 0.717) is 6.04 Å². The molecule has 0 heterocycles. The van der Waals surface area contributed by atoms with E-state index in [-0.39, 0.29) is 5.41 Å². The Morgan fingerprint density at radius 1 is 1.26 bits per heavy atom. The predicted molar refractivity (Wildman–Crippen MR) is 83.7 cm³/mol. The standard InChI is InChI=1S/C15H32N4/c1-6-16-14(18-13-9-7-8-10-13)17-11-15(2,3)12-19(4)5/h13H,6-12H2,1-5H3,(H2,16,17,18). The van der Waals surface area contributed by atoms with Crippen molar-refractivity contribution in [3.8, 4) is 0 Å².